The first-order valence-corrected chi connectivity index (χ1v) is 4.68. The molecule has 0 N–H and O–H groups in total. The van der Waals surface area contributed by atoms with Crippen molar-refractivity contribution in [1.29, 1.82) is 0 Å². The summed E-state index contributed by atoms with van der Waals surface area (Å²) in [5.41, 5.74) is 0. The smallest absolute Gasteiger partial charge is 0.0236 e. The summed E-state index contributed by atoms with van der Waals surface area (Å²) in [5, 5.41) is 1.85. The van der Waals surface area contributed by atoms with Gasteiger partial charge in [0, 0.05) is 10.5 Å². The van der Waals surface area contributed by atoms with E-state index in [4.69, 9.17) is 0 Å². The molecule has 1 saturated heterocycles. The highest BCUT2D eigenvalue weighted by Crippen LogP contribution is 2.45. The Bertz CT molecular complexity index is 140. The van der Waals surface area contributed by atoms with Gasteiger partial charge in [0.1, 0.15) is 0 Å². The van der Waals surface area contributed by atoms with Crippen molar-refractivity contribution in [2.24, 2.45) is 5.92 Å². The van der Waals surface area contributed by atoms with Crippen molar-refractivity contribution in [2.75, 3.05) is 0 Å². The number of hydrogen-bond donors (Lipinski definition) is 0. The normalized spacial score (nSPS) is 46.6. The fraction of sp³-hybridized carbons (Fsp3) is 0.750. The van der Waals surface area contributed by atoms with E-state index in [2.05, 4.69) is 30.8 Å². The Morgan fingerprint density at radius 1 is 1.56 bits per heavy atom. The van der Waals surface area contributed by atoms with Gasteiger partial charge in [0.25, 0.3) is 0 Å². The van der Waals surface area contributed by atoms with Crippen molar-refractivity contribution < 1.29 is 0 Å². The molecular weight excluding hydrogens is 128 g/mol. The molecule has 2 rings (SSSR count). The van der Waals surface area contributed by atoms with Crippen LogP contribution in [0.2, 0.25) is 0 Å². The topological polar surface area (TPSA) is 0 Å². The standard InChI is InChI=1S/C8H12S/c1-2-8-6-3-4-7(5-6)9-8/h3-4,6-8H,2,5H2,1H3. The van der Waals surface area contributed by atoms with E-state index in [0.29, 0.717) is 0 Å². The Morgan fingerprint density at radius 2 is 2.44 bits per heavy atom. The van der Waals surface area contributed by atoms with Gasteiger partial charge in [-0.1, -0.05) is 19.1 Å². The maximum absolute atomic E-state index is 2.41. The summed E-state index contributed by atoms with van der Waals surface area (Å²) >= 11 is 2.17. The Balaban J connectivity index is 2.10. The van der Waals surface area contributed by atoms with Gasteiger partial charge < -0.3 is 0 Å². The van der Waals surface area contributed by atoms with Gasteiger partial charge in [0.15, 0.2) is 0 Å². The van der Waals surface area contributed by atoms with Crippen LogP contribution in [0.1, 0.15) is 19.8 Å². The predicted molar refractivity (Wildman–Crippen MR) is 42.7 cm³/mol. The van der Waals surface area contributed by atoms with Crippen molar-refractivity contribution >= 4 is 11.8 Å². The Morgan fingerprint density at radius 3 is 2.78 bits per heavy atom. The van der Waals surface area contributed by atoms with E-state index in [9.17, 15) is 0 Å². The number of rotatable bonds is 1. The van der Waals surface area contributed by atoms with Gasteiger partial charge >= 0.3 is 0 Å². The third-order valence-electron chi connectivity index (χ3n) is 2.31. The first-order valence-electron chi connectivity index (χ1n) is 3.74. The van der Waals surface area contributed by atoms with Crippen molar-refractivity contribution in [3.63, 3.8) is 0 Å². The molecule has 0 nitrogen and oxygen atoms in total. The van der Waals surface area contributed by atoms with Crippen molar-refractivity contribution in [1.82, 2.24) is 0 Å². The average molecular weight is 140 g/mol. The lowest BCUT2D eigenvalue weighted by molar-refractivity contribution is 0.621. The van der Waals surface area contributed by atoms with E-state index >= 15 is 0 Å². The van der Waals surface area contributed by atoms with E-state index in [1.165, 1.54) is 12.8 Å². The zero-order valence-corrected chi connectivity index (χ0v) is 6.53. The average Bonchev–Trinajstić information content (AvgIpc) is 2.45. The van der Waals surface area contributed by atoms with Crippen molar-refractivity contribution in [3.05, 3.63) is 12.2 Å². The molecule has 9 heavy (non-hydrogen) atoms. The first kappa shape index (κ1) is 5.84. The molecule has 3 atom stereocenters. The fourth-order valence-electron chi connectivity index (χ4n) is 1.79. The van der Waals surface area contributed by atoms with Crippen LogP contribution in [0.4, 0.5) is 0 Å². The summed E-state index contributed by atoms with van der Waals surface area (Å²) in [6, 6.07) is 0. The molecule has 0 spiro atoms. The van der Waals surface area contributed by atoms with Gasteiger partial charge in [-0.2, -0.15) is 11.8 Å². The van der Waals surface area contributed by atoms with Crippen LogP contribution in [-0.2, 0) is 0 Å². The molecule has 1 aliphatic heterocycles. The second-order valence-corrected chi connectivity index (χ2v) is 4.39. The summed E-state index contributed by atoms with van der Waals surface area (Å²) < 4.78 is 0. The minimum Gasteiger partial charge on any atom is -0.150 e. The third-order valence-corrected chi connectivity index (χ3v) is 4.04. The van der Waals surface area contributed by atoms with Crippen molar-refractivity contribution in [3.8, 4) is 0 Å². The zero-order chi connectivity index (χ0) is 6.27. The maximum Gasteiger partial charge on any atom is 0.0236 e. The molecule has 0 radical (unpaired) electrons. The fourth-order valence-corrected chi connectivity index (χ4v) is 3.35. The largest absolute Gasteiger partial charge is 0.150 e. The van der Waals surface area contributed by atoms with E-state index < -0.39 is 0 Å². The van der Waals surface area contributed by atoms with Gasteiger partial charge in [0.05, 0.1) is 0 Å². The lowest BCUT2D eigenvalue weighted by Gasteiger charge is -2.13. The van der Waals surface area contributed by atoms with E-state index in [-0.39, 0.29) is 0 Å². The molecule has 1 aliphatic carbocycles. The second kappa shape index (κ2) is 2.05. The van der Waals surface area contributed by atoms with E-state index in [0.717, 1.165) is 16.4 Å². The molecule has 0 aromatic heterocycles. The quantitative estimate of drug-likeness (QED) is 0.504. The van der Waals surface area contributed by atoms with Crippen LogP contribution in [-0.4, -0.2) is 10.5 Å². The van der Waals surface area contributed by atoms with Crippen LogP contribution < -0.4 is 0 Å². The predicted octanol–water partition coefficient (Wildman–Crippen LogP) is 2.46. The lowest BCUT2D eigenvalue weighted by Crippen LogP contribution is -2.06. The number of fused-ring (bicyclic) bond motifs is 2. The Kier molecular flexibility index (Phi) is 1.33. The Hall–Kier alpha value is 0.0900. The zero-order valence-electron chi connectivity index (χ0n) is 5.71. The summed E-state index contributed by atoms with van der Waals surface area (Å²) in [5.74, 6) is 0.935. The maximum atomic E-state index is 2.41. The highest BCUT2D eigenvalue weighted by molar-refractivity contribution is 8.01. The lowest BCUT2D eigenvalue weighted by atomic mass is 10.0. The molecule has 0 aromatic carbocycles. The number of thioether (sulfide) groups is 1. The highest BCUT2D eigenvalue weighted by Gasteiger charge is 2.34. The SMILES string of the molecule is CCC1SC2C=CC1C2. The van der Waals surface area contributed by atoms with Crippen LogP contribution in [0.3, 0.4) is 0 Å². The van der Waals surface area contributed by atoms with Gasteiger partial charge in [0.2, 0.25) is 0 Å². The third kappa shape index (κ3) is 0.823. The number of allylic oxidation sites excluding steroid dienone is 1. The van der Waals surface area contributed by atoms with Crippen LogP contribution >= 0.6 is 11.8 Å². The minimum atomic E-state index is 0.889. The molecule has 0 amide bonds. The Labute approximate surface area is 60.7 Å². The van der Waals surface area contributed by atoms with E-state index in [1.54, 1.807) is 0 Å². The molecule has 1 fully saturated rings. The minimum absolute atomic E-state index is 0.889. The van der Waals surface area contributed by atoms with Gasteiger partial charge in [-0.3, -0.25) is 0 Å². The molecule has 2 bridgehead atoms. The molecule has 50 valence electrons. The highest BCUT2D eigenvalue weighted by atomic mass is 32.2. The molecular formula is C8H12S. The summed E-state index contributed by atoms with van der Waals surface area (Å²) in [6.07, 6.45) is 7.58. The first-order chi connectivity index (χ1) is 4.40. The summed E-state index contributed by atoms with van der Waals surface area (Å²) in [4.78, 5) is 0. The van der Waals surface area contributed by atoms with Crippen LogP contribution in [0.15, 0.2) is 12.2 Å². The molecule has 3 unspecified atom stereocenters. The summed E-state index contributed by atoms with van der Waals surface area (Å²) in [6.45, 7) is 2.30. The molecule has 1 heterocycles. The molecule has 0 aromatic rings. The van der Waals surface area contributed by atoms with Crippen molar-refractivity contribution in [2.45, 2.75) is 30.3 Å². The second-order valence-electron chi connectivity index (χ2n) is 2.91. The molecule has 1 heteroatoms. The van der Waals surface area contributed by atoms with Gasteiger partial charge in [-0.25, -0.2) is 0 Å². The van der Waals surface area contributed by atoms with Crippen LogP contribution in [0, 0.1) is 5.92 Å². The monoisotopic (exact) mass is 140 g/mol. The molecule has 2 aliphatic rings. The summed E-state index contributed by atoms with van der Waals surface area (Å²) in [7, 11) is 0. The number of hydrogen-bond acceptors (Lipinski definition) is 1. The van der Waals surface area contributed by atoms with Crippen LogP contribution in [0.5, 0.6) is 0 Å². The van der Waals surface area contributed by atoms with Gasteiger partial charge in [-0.15, -0.1) is 0 Å². The van der Waals surface area contributed by atoms with Crippen LogP contribution in [0.25, 0.3) is 0 Å². The van der Waals surface area contributed by atoms with Gasteiger partial charge in [-0.05, 0) is 18.8 Å². The van der Waals surface area contributed by atoms with E-state index in [1.807, 2.05) is 0 Å². The molecule has 0 saturated carbocycles.